The Hall–Kier alpha value is -1.25. The van der Waals surface area contributed by atoms with Crippen LogP contribution in [0.5, 0.6) is 0 Å². The number of hydrogen-bond acceptors (Lipinski definition) is 3. The number of rotatable bonds is 0. The van der Waals surface area contributed by atoms with Crippen molar-refractivity contribution in [2.24, 2.45) is 0 Å². The molecule has 2 heterocycles. The van der Waals surface area contributed by atoms with Crippen molar-refractivity contribution in [1.29, 1.82) is 0 Å². The van der Waals surface area contributed by atoms with E-state index in [0.717, 1.165) is 5.69 Å². The Bertz CT molecular complexity index is 226. The van der Waals surface area contributed by atoms with Crippen molar-refractivity contribution in [3.63, 3.8) is 0 Å². The molecule has 3 heteroatoms. The summed E-state index contributed by atoms with van der Waals surface area (Å²) in [5.74, 6) is 0.616. The Morgan fingerprint density at radius 3 is 3.62 bits per heavy atom. The molecule has 1 N–H and O–H groups in total. The first-order chi connectivity index (χ1) is 3.97. The van der Waals surface area contributed by atoms with Gasteiger partial charge in [-0.15, -0.1) is 0 Å². The van der Waals surface area contributed by atoms with E-state index in [0.29, 0.717) is 5.88 Å². The molecule has 1 aliphatic heterocycles. The molecule has 0 aromatic carbocycles. The summed E-state index contributed by atoms with van der Waals surface area (Å²) >= 11 is 0. The van der Waals surface area contributed by atoms with Crippen LogP contribution in [0.4, 0.5) is 11.6 Å². The molecule has 3 nitrogen and oxygen atoms in total. The molecule has 1 aromatic heterocycles. The largest absolute Gasteiger partial charge is 0.424 e. The van der Waals surface area contributed by atoms with Crippen molar-refractivity contribution in [2.75, 3.05) is 5.32 Å². The van der Waals surface area contributed by atoms with Gasteiger partial charge in [0.25, 0.3) is 6.34 Å². The van der Waals surface area contributed by atoms with Crippen LogP contribution in [0.1, 0.15) is 0 Å². The normalized spacial score (nSPS) is 13.5. The molecule has 0 amide bonds. The highest BCUT2D eigenvalue weighted by Crippen LogP contribution is 2.21. The monoisotopic (exact) mass is 107 g/mol. The van der Waals surface area contributed by atoms with Crippen molar-refractivity contribution in [3.8, 4) is 0 Å². The van der Waals surface area contributed by atoms with Gasteiger partial charge in [-0.3, -0.25) is 0 Å². The predicted octanol–water partition coefficient (Wildman–Crippen LogP) is 0.501. The van der Waals surface area contributed by atoms with Gasteiger partial charge < -0.3 is 4.42 Å². The van der Waals surface area contributed by atoms with Gasteiger partial charge >= 0.3 is 5.88 Å². The molecular weight excluding hydrogens is 104 g/mol. The summed E-state index contributed by atoms with van der Waals surface area (Å²) < 4.78 is 4.86. The maximum absolute atomic E-state index is 4.86. The Morgan fingerprint density at radius 1 is 1.75 bits per heavy atom. The molecule has 0 atom stereocenters. The number of fused-ring (bicyclic) bond motifs is 1. The van der Waals surface area contributed by atoms with Crippen LogP contribution in [0.15, 0.2) is 10.7 Å². The highest BCUT2D eigenvalue weighted by molar-refractivity contribution is 5.86. The maximum Gasteiger partial charge on any atom is 0.380 e. The number of aliphatic imine (C=N–C) groups is 1. The van der Waals surface area contributed by atoms with Gasteiger partial charge in [0, 0.05) is 0 Å². The fourth-order valence-electron chi connectivity index (χ4n) is 0.619. The summed E-state index contributed by atoms with van der Waals surface area (Å²) in [6.07, 6.45) is 3.05. The van der Waals surface area contributed by atoms with E-state index in [-0.39, 0.29) is 0 Å². The van der Waals surface area contributed by atoms with Crippen molar-refractivity contribution in [1.82, 2.24) is 4.99 Å². The van der Waals surface area contributed by atoms with E-state index in [1.54, 1.807) is 6.34 Å². The van der Waals surface area contributed by atoms with Crippen LogP contribution in [0.2, 0.25) is 0 Å². The SMILES string of the molecule is [c]1coc2c1NC=[N+]2. The quantitative estimate of drug-likeness (QED) is 0.524. The highest BCUT2D eigenvalue weighted by atomic mass is 16.3. The van der Waals surface area contributed by atoms with Crippen LogP contribution in [-0.2, 0) is 0 Å². The zero-order valence-electron chi connectivity index (χ0n) is 4.01. The molecule has 0 saturated heterocycles. The van der Waals surface area contributed by atoms with Crippen LogP contribution < -0.4 is 10.3 Å². The highest BCUT2D eigenvalue weighted by Gasteiger charge is 2.18. The topological polar surface area (TPSA) is 39.3 Å². The maximum atomic E-state index is 4.86. The summed E-state index contributed by atoms with van der Waals surface area (Å²) in [4.78, 5) is 3.83. The second-order valence-corrected chi connectivity index (χ2v) is 1.46. The van der Waals surface area contributed by atoms with Crippen molar-refractivity contribution in [2.45, 2.75) is 0 Å². The second-order valence-electron chi connectivity index (χ2n) is 1.46. The van der Waals surface area contributed by atoms with Crippen molar-refractivity contribution < 1.29 is 4.42 Å². The molecule has 0 bridgehead atoms. The third kappa shape index (κ3) is 0.307. The third-order valence-corrected chi connectivity index (χ3v) is 0.978. The van der Waals surface area contributed by atoms with Gasteiger partial charge in [-0.1, -0.05) is 0 Å². The van der Waals surface area contributed by atoms with Crippen molar-refractivity contribution in [3.05, 3.63) is 12.3 Å². The van der Waals surface area contributed by atoms with Gasteiger partial charge in [-0.05, 0) is 4.99 Å². The lowest BCUT2D eigenvalue weighted by molar-refractivity contribution is 0.571. The molecule has 1 aromatic rings. The van der Waals surface area contributed by atoms with Gasteiger partial charge in [0.1, 0.15) is 6.26 Å². The first-order valence-corrected chi connectivity index (χ1v) is 2.25. The summed E-state index contributed by atoms with van der Waals surface area (Å²) in [6.45, 7) is 0. The van der Waals surface area contributed by atoms with E-state index in [9.17, 15) is 0 Å². The van der Waals surface area contributed by atoms with Crippen LogP contribution in [0.3, 0.4) is 0 Å². The molecule has 8 heavy (non-hydrogen) atoms. The van der Waals surface area contributed by atoms with E-state index in [1.165, 1.54) is 6.26 Å². The van der Waals surface area contributed by atoms with Gasteiger partial charge in [0.2, 0.25) is 5.69 Å². The average molecular weight is 107 g/mol. The number of nitrogens with zero attached hydrogens (tertiary/aromatic N) is 1. The zero-order valence-corrected chi connectivity index (χ0v) is 4.01. The molecular formula is C5H3N2O+. The van der Waals surface area contributed by atoms with Crippen molar-refractivity contribution >= 4 is 17.9 Å². The molecule has 2 rings (SSSR count). The first kappa shape index (κ1) is 3.72. The Kier molecular flexibility index (Phi) is 0.521. The van der Waals surface area contributed by atoms with Crippen LogP contribution in [0.25, 0.3) is 0 Å². The Labute approximate surface area is 46.0 Å². The predicted molar refractivity (Wildman–Crippen MR) is 29.0 cm³/mol. The smallest absolute Gasteiger partial charge is 0.380 e. The molecule has 0 fully saturated rings. The van der Waals surface area contributed by atoms with Gasteiger partial charge in [-0.2, -0.15) is 0 Å². The second kappa shape index (κ2) is 1.12. The van der Waals surface area contributed by atoms with Gasteiger partial charge in [0.15, 0.2) is 0 Å². The average Bonchev–Trinajstić information content (AvgIpc) is 2.15. The standard InChI is InChI=1S/C5H3N2O/c1-2-8-5-4(1)6-3-7-5/h2-3,6H/q+1. The van der Waals surface area contributed by atoms with E-state index in [1.807, 2.05) is 0 Å². The summed E-state index contributed by atoms with van der Waals surface area (Å²) in [5.41, 5.74) is 0.824. The molecule has 38 valence electrons. The summed E-state index contributed by atoms with van der Waals surface area (Å²) in [7, 11) is 0. The zero-order chi connectivity index (χ0) is 5.40. The fourth-order valence-corrected chi connectivity index (χ4v) is 0.619. The third-order valence-electron chi connectivity index (χ3n) is 0.978. The van der Waals surface area contributed by atoms with E-state index >= 15 is 0 Å². The lowest BCUT2D eigenvalue weighted by Crippen LogP contribution is -1.86. The van der Waals surface area contributed by atoms with E-state index in [4.69, 9.17) is 4.42 Å². The lowest BCUT2D eigenvalue weighted by Gasteiger charge is -1.68. The van der Waals surface area contributed by atoms with Gasteiger partial charge in [-0.25, -0.2) is 5.32 Å². The number of furan rings is 1. The fraction of sp³-hybridized carbons (Fsp3) is 0. The molecule has 0 saturated carbocycles. The molecule has 0 unspecified atom stereocenters. The van der Waals surface area contributed by atoms with Crippen LogP contribution in [0, 0.1) is 6.07 Å². The number of nitrogens with one attached hydrogen (secondary N) is 1. The molecule has 1 aliphatic rings. The van der Waals surface area contributed by atoms with E-state index < -0.39 is 0 Å². The minimum absolute atomic E-state index is 0.616. The summed E-state index contributed by atoms with van der Waals surface area (Å²) in [5, 5.41) is 2.84. The van der Waals surface area contributed by atoms with Crippen LogP contribution in [-0.4, -0.2) is 6.34 Å². The molecule has 0 aliphatic carbocycles. The minimum Gasteiger partial charge on any atom is -0.424 e. The van der Waals surface area contributed by atoms with Gasteiger partial charge in [0.05, 0.1) is 6.07 Å². The number of hydrogen-bond donors (Lipinski definition) is 1. The molecule has 2 radical (unpaired) electrons. The van der Waals surface area contributed by atoms with E-state index in [2.05, 4.69) is 16.4 Å². The Balaban J connectivity index is 2.67. The Morgan fingerprint density at radius 2 is 2.75 bits per heavy atom. The summed E-state index contributed by atoms with van der Waals surface area (Å²) in [6, 6.07) is 2.81. The van der Waals surface area contributed by atoms with Crippen LogP contribution >= 0.6 is 0 Å². The number of anilines is 1. The lowest BCUT2D eigenvalue weighted by atomic mass is 10.5. The minimum atomic E-state index is 0.616. The molecule has 0 spiro atoms. The first-order valence-electron chi connectivity index (χ1n) is 2.25.